The summed E-state index contributed by atoms with van der Waals surface area (Å²) in [5.41, 5.74) is 0.321. The van der Waals surface area contributed by atoms with Crippen LogP contribution >= 0.6 is 0 Å². The van der Waals surface area contributed by atoms with Crippen molar-refractivity contribution >= 4 is 28.0 Å². The zero-order valence-corrected chi connectivity index (χ0v) is 9.76. The highest BCUT2D eigenvalue weighted by Crippen LogP contribution is 2.30. The summed E-state index contributed by atoms with van der Waals surface area (Å²) in [7, 11) is -3.82. The summed E-state index contributed by atoms with van der Waals surface area (Å²) in [5.74, 6) is -1.22. The zero-order chi connectivity index (χ0) is 12.6. The van der Waals surface area contributed by atoms with Crippen LogP contribution in [0.25, 0.3) is 0 Å². The fraction of sp³-hybridized carbons (Fsp3) is 0.200. The molecule has 0 radical (unpaired) electrons. The number of nitrogens with zero attached hydrogens (tertiary/aromatic N) is 2. The van der Waals surface area contributed by atoms with Crippen LogP contribution in [0.3, 0.4) is 0 Å². The maximum Gasteiger partial charge on any atom is 0.327 e. The lowest BCUT2D eigenvalue weighted by Gasteiger charge is -2.26. The highest BCUT2D eigenvalue weighted by molar-refractivity contribution is 7.89. The molecule has 0 fully saturated rings. The van der Waals surface area contributed by atoms with Gasteiger partial charge < -0.3 is 5.11 Å². The SMILES string of the molecule is CC(C(=O)O)N1C=Nc2ccccc2S1(=O)=O. The number of aliphatic imine (C=N–C) groups is 1. The van der Waals surface area contributed by atoms with E-state index in [4.69, 9.17) is 5.11 Å². The van der Waals surface area contributed by atoms with Crippen molar-refractivity contribution in [3.05, 3.63) is 24.3 Å². The van der Waals surface area contributed by atoms with Crippen molar-refractivity contribution in [2.24, 2.45) is 4.99 Å². The van der Waals surface area contributed by atoms with E-state index in [1.54, 1.807) is 18.2 Å². The predicted molar refractivity (Wildman–Crippen MR) is 60.7 cm³/mol. The van der Waals surface area contributed by atoms with Gasteiger partial charge in [-0.1, -0.05) is 12.1 Å². The third kappa shape index (κ3) is 1.78. The van der Waals surface area contributed by atoms with Gasteiger partial charge in [-0.3, -0.25) is 0 Å². The second-order valence-electron chi connectivity index (χ2n) is 3.56. The van der Waals surface area contributed by atoms with Gasteiger partial charge in [-0.15, -0.1) is 0 Å². The summed E-state index contributed by atoms with van der Waals surface area (Å²) >= 11 is 0. The minimum atomic E-state index is -3.82. The minimum Gasteiger partial charge on any atom is -0.480 e. The van der Waals surface area contributed by atoms with Crippen LogP contribution in [0.2, 0.25) is 0 Å². The number of sulfonamides is 1. The van der Waals surface area contributed by atoms with Crippen LogP contribution in [0.4, 0.5) is 5.69 Å². The van der Waals surface area contributed by atoms with Crippen molar-refractivity contribution in [1.82, 2.24) is 4.31 Å². The molecule has 0 aliphatic carbocycles. The van der Waals surface area contributed by atoms with Gasteiger partial charge in [0.1, 0.15) is 17.3 Å². The normalized spacial score (nSPS) is 18.5. The highest BCUT2D eigenvalue weighted by atomic mass is 32.2. The number of carboxylic acid groups (broad SMARTS) is 1. The first-order valence-corrected chi connectivity index (χ1v) is 6.28. The standard InChI is InChI=1S/C10H10N2O4S/c1-7(10(13)14)12-6-11-8-4-2-3-5-9(8)17(12,15)16/h2-7H,1H3,(H,13,14). The second-order valence-corrected chi connectivity index (χ2v) is 5.37. The Morgan fingerprint density at radius 2 is 2.06 bits per heavy atom. The molecule has 0 bridgehead atoms. The fourth-order valence-corrected chi connectivity index (χ4v) is 3.03. The molecule has 0 aromatic heterocycles. The molecule has 0 amide bonds. The Kier molecular flexibility index (Phi) is 2.62. The molecular formula is C10H10N2O4S. The molecule has 1 N–H and O–H groups in total. The van der Waals surface area contributed by atoms with Crippen LogP contribution < -0.4 is 0 Å². The molecule has 90 valence electrons. The Balaban J connectivity index is 2.55. The molecule has 0 saturated heterocycles. The third-order valence-corrected chi connectivity index (χ3v) is 4.34. The largest absolute Gasteiger partial charge is 0.480 e. The Labute approximate surface area is 98.3 Å². The molecule has 1 unspecified atom stereocenters. The van der Waals surface area contributed by atoms with Crippen LogP contribution in [0.15, 0.2) is 34.2 Å². The molecule has 1 aliphatic heterocycles. The van der Waals surface area contributed by atoms with E-state index < -0.39 is 22.0 Å². The molecule has 2 rings (SSSR count). The van der Waals surface area contributed by atoms with Crippen LogP contribution in [-0.4, -0.2) is 36.2 Å². The van der Waals surface area contributed by atoms with Crippen molar-refractivity contribution in [2.45, 2.75) is 17.9 Å². The number of fused-ring (bicyclic) bond motifs is 1. The summed E-state index contributed by atoms with van der Waals surface area (Å²) in [6, 6.07) is 5.02. The predicted octanol–water partition coefficient (Wildman–Crippen LogP) is 0.824. The Morgan fingerprint density at radius 3 is 2.71 bits per heavy atom. The summed E-state index contributed by atoms with van der Waals surface area (Å²) in [6.45, 7) is 1.29. The summed E-state index contributed by atoms with van der Waals surface area (Å²) < 4.78 is 25.0. The van der Waals surface area contributed by atoms with Crippen molar-refractivity contribution in [3.63, 3.8) is 0 Å². The van der Waals surface area contributed by atoms with Gasteiger partial charge in [-0.2, -0.15) is 0 Å². The average molecular weight is 254 g/mol. The zero-order valence-electron chi connectivity index (χ0n) is 8.94. The lowest BCUT2D eigenvalue weighted by atomic mass is 10.3. The molecule has 1 heterocycles. The lowest BCUT2D eigenvalue weighted by molar-refractivity contribution is -0.139. The van der Waals surface area contributed by atoms with Gasteiger partial charge in [-0.05, 0) is 19.1 Å². The molecule has 0 saturated carbocycles. The van der Waals surface area contributed by atoms with Gasteiger partial charge in [0.2, 0.25) is 0 Å². The van der Waals surface area contributed by atoms with E-state index in [0.29, 0.717) is 5.69 Å². The lowest BCUT2D eigenvalue weighted by Crippen LogP contribution is -2.43. The number of carbonyl (C=O) groups is 1. The van der Waals surface area contributed by atoms with Gasteiger partial charge >= 0.3 is 5.97 Å². The van der Waals surface area contributed by atoms with E-state index in [2.05, 4.69) is 4.99 Å². The summed E-state index contributed by atoms with van der Waals surface area (Å²) in [4.78, 5) is 14.8. The number of hydrogen-bond donors (Lipinski definition) is 1. The van der Waals surface area contributed by atoms with E-state index >= 15 is 0 Å². The van der Waals surface area contributed by atoms with E-state index in [1.807, 2.05) is 0 Å². The van der Waals surface area contributed by atoms with Crippen LogP contribution in [0, 0.1) is 0 Å². The van der Waals surface area contributed by atoms with E-state index in [9.17, 15) is 13.2 Å². The average Bonchev–Trinajstić information content (AvgIpc) is 2.28. The number of carboxylic acids is 1. The molecule has 1 aromatic carbocycles. The molecule has 1 atom stereocenters. The van der Waals surface area contributed by atoms with Gasteiger partial charge in [0.25, 0.3) is 10.0 Å². The quantitative estimate of drug-likeness (QED) is 0.846. The highest BCUT2D eigenvalue weighted by Gasteiger charge is 2.34. The smallest absolute Gasteiger partial charge is 0.327 e. The van der Waals surface area contributed by atoms with E-state index in [-0.39, 0.29) is 4.90 Å². The number of rotatable bonds is 2. The monoisotopic (exact) mass is 254 g/mol. The van der Waals surface area contributed by atoms with Gasteiger partial charge in [0.15, 0.2) is 0 Å². The van der Waals surface area contributed by atoms with Gasteiger partial charge in [-0.25, -0.2) is 22.5 Å². The molecule has 6 nitrogen and oxygen atoms in total. The van der Waals surface area contributed by atoms with Crippen LogP contribution in [0.1, 0.15) is 6.92 Å². The second kappa shape index (κ2) is 3.85. The first kappa shape index (κ1) is 11.6. The maximum absolute atomic E-state index is 12.1. The number of aliphatic carboxylic acids is 1. The number of benzene rings is 1. The van der Waals surface area contributed by atoms with Crippen LogP contribution in [-0.2, 0) is 14.8 Å². The van der Waals surface area contributed by atoms with Crippen molar-refractivity contribution in [1.29, 1.82) is 0 Å². The van der Waals surface area contributed by atoms with Crippen LogP contribution in [0.5, 0.6) is 0 Å². The Morgan fingerprint density at radius 1 is 1.41 bits per heavy atom. The van der Waals surface area contributed by atoms with Crippen molar-refractivity contribution in [3.8, 4) is 0 Å². The maximum atomic E-state index is 12.1. The molecule has 1 aromatic rings. The molecule has 17 heavy (non-hydrogen) atoms. The summed E-state index contributed by atoms with van der Waals surface area (Å²) in [6.07, 6.45) is 1.04. The Hall–Kier alpha value is -1.89. The molecule has 0 spiro atoms. The molecule has 1 aliphatic rings. The van der Waals surface area contributed by atoms with Crippen molar-refractivity contribution in [2.75, 3.05) is 0 Å². The van der Waals surface area contributed by atoms with Gasteiger partial charge in [0, 0.05) is 0 Å². The number of hydrogen-bond acceptors (Lipinski definition) is 4. The molecular weight excluding hydrogens is 244 g/mol. The molecule has 7 heteroatoms. The minimum absolute atomic E-state index is 0.0237. The van der Waals surface area contributed by atoms with Crippen molar-refractivity contribution < 1.29 is 18.3 Å². The van der Waals surface area contributed by atoms with E-state index in [1.165, 1.54) is 13.0 Å². The topological polar surface area (TPSA) is 87.0 Å². The summed E-state index contributed by atoms with van der Waals surface area (Å²) in [5, 5.41) is 8.85. The first-order chi connectivity index (χ1) is 7.94. The first-order valence-electron chi connectivity index (χ1n) is 4.84. The fourth-order valence-electron chi connectivity index (χ4n) is 1.49. The van der Waals surface area contributed by atoms with E-state index in [0.717, 1.165) is 10.6 Å². The number of para-hydroxylation sites is 1. The van der Waals surface area contributed by atoms with Gasteiger partial charge in [0.05, 0.1) is 5.69 Å². The Bertz CT molecular complexity index is 594. The third-order valence-electron chi connectivity index (χ3n) is 2.47.